The van der Waals surface area contributed by atoms with Crippen molar-refractivity contribution in [1.29, 1.82) is 0 Å². The van der Waals surface area contributed by atoms with Crippen molar-refractivity contribution < 1.29 is 5.11 Å². The first kappa shape index (κ1) is 12.3. The summed E-state index contributed by atoms with van der Waals surface area (Å²) in [5, 5.41) is 9.36. The molecule has 0 aliphatic carbocycles. The maximum atomic E-state index is 9.36. The third-order valence-corrected chi connectivity index (χ3v) is 2.70. The molecule has 1 aromatic rings. The number of phenolic OH excluding ortho intramolecular Hbond substituents is 1. The Morgan fingerprint density at radius 1 is 1.13 bits per heavy atom. The number of hydrogen-bond donors (Lipinski definition) is 1. The highest BCUT2D eigenvalue weighted by molar-refractivity contribution is 8.93. The molecular weight excluding hydrogens is 256 g/mol. The van der Waals surface area contributed by atoms with Crippen molar-refractivity contribution in [3.8, 4) is 5.75 Å². The van der Waals surface area contributed by atoms with Gasteiger partial charge in [-0.05, 0) is 19.2 Å². The van der Waals surface area contributed by atoms with Crippen molar-refractivity contribution in [2.75, 3.05) is 38.1 Å². The summed E-state index contributed by atoms with van der Waals surface area (Å²) in [5.74, 6) is 0.349. The van der Waals surface area contributed by atoms with E-state index in [4.69, 9.17) is 0 Å². The van der Waals surface area contributed by atoms with Crippen LogP contribution in [0.3, 0.4) is 0 Å². The first-order chi connectivity index (χ1) is 6.75. The van der Waals surface area contributed by atoms with Gasteiger partial charge in [0.15, 0.2) is 0 Å². The molecule has 0 radical (unpaired) electrons. The molecule has 0 saturated carbocycles. The summed E-state index contributed by atoms with van der Waals surface area (Å²) in [6.45, 7) is 4.27. The zero-order valence-electron chi connectivity index (χ0n) is 8.89. The Labute approximate surface area is 101 Å². The first-order valence-corrected chi connectivity index (χ1v) is 4.98. The summed E-state index contributed by atoms with van der Waals surface area (Å²) >= 11 is 0. The highest BCUT2D eigenvalue weighted by Gasteiger charge is 2.13. The van der Waals surface area contributed by atoms with Gasteiger partial charge in [0.05, 0.1) is 0 Å². The smallest absolute Gasteiger partial charge is 0.117 e. The van der Waals surface area contributed by atoms with Crippen LogP contribution in [0.4, 0.5) is 5.69 Å². The predicted molar refractivity (Wildman–Crippen MR) is 68.1 cm³/mol. The van der Waals surface area contributed by atoms with Crippen LogP contribution in [-0.2, 0) is 0 Å². The molecule has 1 saturated heterocycles. The lowest BCUT2D eigenvalue weighted by Crippen LogP contribution is -2.44. The molecule has 0 unspecified atom stereocenters. The molecule has 1 heterocycles. The lowest BCUT2D eigenvalue weighted by Gasteiger charge is -2.34. The van der Waals surface area contributed by atoms with Gasteiger partial charge in [0.25, 0.3) is 0 Å². The molecule has 2 rings (SSSR count). The van der Waals surface area contributed by atoms with E-state index < -0.39 is 0 Å². The number of aromatic hydroxyl groups is 1. The van der Waals surface area contributed by atoms with E-state index in [1.807, 2.05) is 18.2 Å². The molecule has 1 N–H and O–H groups in total. The second kappa shape index (κ2) is 5.37. The molecule has 84 valence electrons. The maximum Gasteiger partial charge on any atom is 0.117 e. The fourth-order valence-corrected chi connectivity index (χ4v) is 1.75. The average molecular weight is 273 g/mol. The van der Waals surface area contributed by atoms with Crippen LogP contribution >= 0.6 is 17.0 Å². The Balaban J connectivity index is 0.00000112. The summed E-state index contributed by atoms with van der Waals surface area (Å²) in [6.07, 6.45) is 0. The number of hydrogen-bond acceptors (Lipinski definition) is 3. The zero-order valence-corrected chi connectivity index (χ0v) is 10.6. The normalized spacial score (nSPS) is 17.3. The lowest BCUT2D eigenvalue weighted by atomic mass is 10.2. The van der Waals surface area contributed by atoms with Crippen LogP contribution in [-0.4, -0.2) is 43.2 Å². The van der Waals surface area contributed by atoms with Crippen LogP contribution in [0.1, 0.15) is 0 Å². The largest absolute Gasteiger partial charge is 0.508 e. The maximum absolute atomic E-state index is 9.36. The Morgan fingerprint density at radius 2 is 1.80 bits per heavy atom. The van der Waals surface area contributed by atoms with Crippen LogP contribution in [0.25, 0.3) is 0 Å². The molecule has 0 aromatic heterocycles. The Kier molecular flexibility index (Phi) is 4.42. The third kappa shape index (κ3) is 3.11. The van der Waals surface area contributed by atoms with Crippen molar-refractivity contribution in [3.63, 3.8) is 0 Å². The van der Waals surface area contributed by atoms with Gasteiger partial charge in [-0.15, -0.1) is 17.0 Å². The van der Waals surface area contributed by atoms with E-state index in [0.29, 0.717) is 5.75 Å². The first-order valence-electron chi connectivity index (χ1n) is 4.98. The summed E-state index contributed by atoms with van der Waals surface area (Å²) in [4.78, 5) is 4.62. The van der Waals surface area contributed by atoms with Crippen LogP contribution < -0.4 is 4.90 Å². The van der Waals surface area contributed by atoms with Crippen molar-refractivity contribution >= 4 is 22.7 Å². The fourth-order valence-electron chi connectivity index (χ4n) is 1.75. The Morgan fingerprint density at radius 3 is 2.40 bits per heavy atom. The molecule has 1 fully saturated rings. The summed E-state index contributed by atoms with van der Waals surface area (Å²) in [5.41, 5.74) is 1.12. The molecule has 3 nitrogen and oxygen atoms in total. The fraction of sp³-hybridized carbons (Fsp3) is 0.455. The van der Waals surface area contributed by atoms with E-state index in [0.717, 1.165) is 31.9 Å². The molecule has 0 atom stereocenters. The molecule has 1 aliphatic heterocycles. The minimum atomic E-state index is 0. The van der Waals surface area contributed by atoms with Gasteiger partial charge in [-0.3, -0.25) is 0 Å². The van der Waals surface area contributed by atoms with Gasteiger partial charge in [-0.25, -0.2) is 0 Å². The predicted octanol–water partition coefficient (Wildman–Crippen LogP) is 1.72. The number of halogens is 1. The Hall–Kier alpha value is -0.740. The third-order valence-electron chi connectivity index (χ3n) is 2.70. The monoisotopic (exact) mass is 272 g/mol. The molecule has 0 spiro atoms. The minimum Gasteiger partial charge on any atom is -0.508 e. The van der Waals surface area contributed by atoms with Crippen LogP contribution in [0.15, 0.2) is 24.3 Å². The zero-order chi connectivity index (χ0) is 9.97. The van der Waals surface area contributed by atoms with Gasteiger partial charge in [0.1, 0.15) is 5.75 Å². The number of likely N-dealkylation sites (N-methyl/N-ethyl adjacent to an activating group) is 1. The lowest BCUT2D eigenvalue weighted by molar-refractivity contribution is 0.312. The van der Waals surface area contributed by atoms with E-state index in [9.17, 15) is 5.11 Å². The highest BCUT2D eigenvalue weighted by atomic mass is 79.9. The number of benzene rings is 1. The second-order valence-electron chi connectivity index (χ2n) is 3.81. The van der Waals surface area contributed by atoms with Crippen LogP contribution in [0, 0.1) is 0 Å². The average Bonchev–Trinajstić information content (AvgIpc) is 2.19. The van der Waals surface area contributed by atoms with E-state index in [-0.39, 0.29) is 17.0 Å². The number of phenols is 1. The minimum absolute atomic E-state index is 0. The molecule has 0 bridgehead atoms. The van der Waals surface area contributed by atoms with Gasteiger partial charge in [0, 0.05) is 37.9 Å². The summed E-state index contributed by atoms with van der Waals surface area (Å²) in [6, 6.07) is 7.47. The molecule has 1 aromatic carbocycles. The SMILES string of the molecule is Br.CN1CCN(c2cccc(O)c2)CC1. The second-order valence-corrected chi connectivity index (χ2v) is 3.81. The molecular formula is C11H17BrN2O. The van der Waals surface area contributed by atoms with Gasteiger partial charge >= 0.3 is 0 Å². The number of nitrogens with zero attached hydrogens (tertiary/aromatic N) is 2. The standard InChI is InChI=1S/C11H16N2O.BrH/c1-12-5-7-13(8-6-12)10-3-2-4-11(14)9-10;/h2-4,9,14H,5-8H2,1H3;1H. The summed E-state index contributed by atoms with van der Waals surface area (Å²) < 4.78 is 0. The van der Waals surface area contributed by atoms with Crippen molar-refractivity contribution in [2.24, 2.45) is 0 Å². The van der Waals surface area contributed by atoms with Crippen LogP contribution in [0.5, 0.6) is 5.75 Å². The van der Waals surface area contributed by atoms with E-state index >= 15 is 0 Å². The van der Waals surface area contributed by atoms with Crippen molar-refractivity contribution in [2.45, 2.75) is 0 Å². The molecule has 4 heteroatoms. The highest BCUT2D eigenvalue weighted by Crippen LogP contribution is 2.20. The number of piperazine rings is 1. The van der Waals surface area contributed by atoms with Gasteiger partial charge in [0.2, 0.25) is 0 Å². The van der Waals surface area contributed by atoms with E-state index in [1.165, 1.54) is 0 Å². The van der Waals surface area contributed by atoms with E-state index in [2.05, 4.69) is 16.8 Å². The molecule has 0 amide bonds. The summed E-state index contributed by atoms with van der Waals surface area (Å²) in [7, 11) is 2.14. The van der Waals surface area contributed by atoms with Gasteiger partial charge < -0.3 is 14.9 Å². The molecule has 1 aliphatic rings. The van der Waals surface area contributed by atoms with Gasteiger partial charge in [-0.1, -0.05) is 6.07 Å². The number of anilines is 1. The van der Waals surface area contributed by atoms with E-state index in [1.54, 1.807) is 6.07 Å². The number of rotatable bonds is 1. The van der Waals surface area contributed by atoms with Crippen molar-refractivity contribution in [1.82, 2.24) is 4.90 Å². The molecule has 15 heavy (non-hydrogen) atoms. The Bertz CT molecular complexity index is 311. The topological polar surface area (TPSA) is 26.7 Å². The van der Waals surface area contributed by atoms with Crippen LogP contribution in [0.2, 0.25) is 0 Å². The van der Waals surface area contributed by atoms with Crippen molar-refractivity contribution in [3.05, 3.63) is 24.3 Å². The quantitative estimate of drug-likeness (QED) is 0.844. The van der Waals surface area contributed by atoms with Gasteiger partial charge in [-0.2, -0.15) is 0 Å².